The zero-order valence-electron chi connectivity index (χ0n) is 14.0. The molecule has 128 valence electrons. The van der Waals surface area contributed by atoms with Crippen molar-refractivity contribution in [2.24, 2.45) is 0 Å². The number of halogens is 1. The van der Waals surface area contributed by atoms with E-state index in [0.29, 0.717) is 22.2 Å². The SMILES string of the molecule is CCc1cc(NC(=O)c2cccc(OC)c2)nn1-c1ccc(Cl)cc1. The van der Waals surface area contributed by atoms with Crippen molar-refractivity contribution in [3.05, 3.63) is 70.9 Å². The average molecular weight is 356 g/mol. The van der Waals surface area contributed by atoms with Gasteiger partial charge in [-0.2, -0.15) is 0 Å². The van der Waals surface area contributed by atoms with E-state index in [1.165, 1.54) is 0 Å². The van der Waals surface area contributed by atoms with Crippen molar-refractivity contribution < 1.29 is 9.53 Å². The zero-order chi connectivity index (χ0) is 17.8. The minimum atomic E-state index is -0.234. The molecule has 1 N–H and O–H groups in total. The zero-order valence-corrected chi connectivity index (χ0v) is 14.7. The van der Waals surface area contributed by atoms with Gasteiger partial charge in [-0.3, -0.25) is 4.79 Å². The highest BCUT2D eigenvalue weighted by molar-refractivity contribution is 6.30. The van der Waals surface area contributed by atoms with Gasteiger partial charge < -0.3 is 10.1 Å². The van der Waals surface area contributed by atoms with Crippen LogP contribution in [0, 0.1) is 0 Å². The van der Waals surface area contributed by atoms with Crippen LogP contribution in [0.5, 0.6) is 5.75 Å². The van der Waals surface area contributed by atoms with Gasteiger partial charge in [0.1, 0.15) is 5.75 Å². The van der Waals surface area contributed by atoms with E-state index >= 15 is 0 Å². The average Bonchev–Trinajstić information content (AvgIpc) is 3.05. The highest BCUT2D eigenvalue weighted by atomic mass is 35.5. The number of aromatic nitrogens is 2. The normalized spacial score (nSPS) is 10.5. The molecule has 0 spiro atoms. The lowest BCUT2D eigenvalue weighted by Crippen LogP contribution is -2.12. The third-order valence-corrected chi connectivity index (χ3v) is 4.04. The number of hydrogen-bond acceptors (Lipinski definition) is 3. The maximum atomic E-state index is 12.4. The minimum absolute atomic E-state index is 0.234. The number of nitrogens with zero attached hydrogens (tertiary/aromatic N) is 2. The Labute approximate surface area is 151 Å². The molecule has 1 aromatic heterocycles. The quantitative estimate of drug-likeness (QED) is 0.740. The van der Waals surface area contributed by atoms with Crippen molar-refractivity contribution in [2.45, 2.75) is 13.3 Å². The number of ether oxygens (including phenoxy) is 1. The first kappa shape index (κ1) is 17.0. The van der Waals surface area contributed by atoms with Gasteiger partial charge in [-0.05, 0) is 48.9 Å². The Morgan fingerprint density at radius 2 is 1.96 bits per heavy atom. The number of nitrogens with one attached hydrogen (secondary N) is 1. The first-order valence-electron chi connectivity index (χ1n) is 7.91. The third-order valence-electron chi connectivity index (χ3n) is 3.79. The lowest BCUT2D eigenvalue weighted by atomic mass is 10.2. The Hall–Kier alpha value is -2.79. The van der Waals surface area contributed by atoms with E-state index < -0.39 is 0 Å². The fourth-order valence-corrected chi connectivity index (χ4v) is 2.62. The molecule has 0 bridgehead atoms. The fourth-order valence-electron chi connectivity index (χ4n) is 2.49. The second kappa shape index (κ2) is 7.40. The summed E-state index contributed by atoms with van der Waals surface area (Å²) in [4.78, 5) is 12.4. The van der Waals surface area contributed by atoms with Crippen LogP contribution in [0.2, 0.25) is 5.02 Å². The second-order valence-corrected chi connectivity index (χ2v) is 5.89. The first-order valence-corrected chi connectivity index (χ1v) is 8.29. The first-order chi connectivity index (χ1) is 12.1. The summed E-state index contributed by atoms with van der Waals surface area (Å²) in [6.45, 7) is 2.04. The number of amides is 1. The molecule has 3 aromatic rings. The molecule has 0 aliphatic carbocycles. The molecular formula is C19H18ClN3O2. The Kier molecular flexibility index (Phi) is 5.05. The van der Waals surface area contributed by atoms with Gasteiger partial charge in [0.2, 0.25) is 0 Å². The van der Waals surface area contributed by atoms with E-state index in [9.17, 15) is 4.79 Å². The molecule has 2 aromatic carbocycles. The highest BCUT2D eigenvalue weighted by Gasteiger charge is 2.12. The van der Waals surface area contributed by atoms with Crippen molar-refractivity contribution in [3.8, 4) is 11.4 Å². The number of hydrogen-bond donors (Lipinski definition) is 1. The van der Waals surface area contributed by atoms with Crippen LogP contribution < -0.4 is 10.1 Å². The van der Waals surface area contributed by atoms with E-state index in [0.717, 1.165) is 17.8 Å². The molecule has 0 radical (unpaired) electrons. The third kappa shape index (κ3) is 3.83. The lowest BCUT2D eigenvalue weighted by Gasteiger charge is -2.06. The summed E-state index contributed by atoms with van der Waals surface area (Å²) < 4.78 is 6.96. The summed E-state index contributed by atoms with van der Waals surface area (Å²) in [6, 6.07) is 16.3. The van der Waals surface area contributed by atoms with Gasteiger partial charge in [-0.25, -0.2) is 4.68 Å². The smallest absolute Gasteiger partial charge is 0.256 e. The van der Waals surface area contributed by atoms with Crippen LogP contribution in [0.4, 0.5) is 5.82 Å². The molecule has 0 fully saturated rings. The van der Waals surface area contributed by atoms with Crippen molar-refractivity contribution in [2.75, 3.05) is 12.4 Å². The molecular weight excluding hydrogens is 338 g/mol. The molecule has 3 rings (SSSR count). The molecule has 1 heterocycles. The van der Waals surface area contributed by atoms with Crippen LogP contribution in [0.1, 0.15) is 23.0 Å². The lowest BCUT2D eigenvalue weighted by molar-refractivity contribution is 0.102. The molecule has 0 aliphatic rings. The van der Waals surface area contributed by atoms with Gasteiger partial charge in [0.05, 0.1) is 12.8 Å². The number of benzene rings is 2. The number of aryl methyl sites for hydroxylation is 1. The monoisotopic (exact) mass is 355 g/mol. The van der Waals surface area contributed by atoms with Crippen LogP contribution in [0.15, 0.2) is 54.6 Å². The van der Waals surface area contributed by atoms with Crippen LogP contribution in [-0.4, -0.2) is 22.8 Å². The van der Waals surface area contributed by atoms with Crippen LogP contribution in [-0.2, 0) is 6.42 Å². The van der Waals surface area contributed by atoms with E-state index in [4.69, 9.17) is 16.3 Å². The number of anilines is 1. The summed E-state index contributed by atoms with van der Waals surface area (Å²) in [5, 5.41) is 8.00. The van der Waals surface area contributed by atoms with Crippen molar-refractivity contribution in [1.29, 1.82) is 0 Å². The van der Waals surface area contributed by atoms with Crippen molar-refractivity contribution in [1.82, 2.24) is 9.78 Å². The highest BCUT2D eigenvalue weighted by Crippen LogP contribution is 2.20. The Morgan fingerprint density at radius 3 is 2.64 bits per heavy atom. The predicted octanol–water partition coefficient (Wildman–Crippen LogP) is 4.35. The number of carbonyl (C=O) groups is 1. The molecule has 5 nitrogen and oxygen atoms in total. The van der Waals surface area contributed by atoms with Gasteiger partial charge in [0.15, 0.2) is 5.82 Å². The number of methoxy groups -OCH3 is 1. The van der Waals surface area contributed by atoms with Gasteiger partial charge in [-0.1, -0.05) is 24.6 Å². The van der Waals surface area contributed by atoms with Gasteiger partial charge in [-0.15, -0.1) is 5.10 Å². The van der Waals surface area contributed by atoms with E-state index in [-0.39, 0.29) is 5.91 Å². The van der Waals surface area contributed by atoms with Gasteiger partial charge in [0.25, 0.3) is 5.91 Å². The molecule has 0 saturated carbocycles. The molecule has 0 aliphatic heterocycles. The van der Waals surface area contributed by atoms with E-state index in [2.05, 4.69) is 10.4 Å². The van der Waals surface area contributed by atoms with Gasteiger partial charge >= 0.3 is 0 Å². The van der Waals surface area contributed by atoms with E-state index in [1.54, 1.807) is 36.1 Å². The van der Waals surface area contributed by atoms with Crippen LogP contribution in [0.3, 0.4) is 0 Å². The van der Waals surface area contributed by atoms with Crippen molar-refractivity contribution >= 4 is 23.3 Å². The van der Waals surface area contributed by atoms with Crippen molar-refractivity contribution in [3.63, 3.8) is 0 Å². The predicted molar refractivity (Wildman–Crippen MR) is 98.9 cm³/mol. The summed E-state index contributed by atoms with van der Waals surface area (Å²) in [6.07, 6.45) is 0.782. The molecule has 0 unspecified atom stereocenters. The molecule has 0 saturated heterocycles. The maximum absolute atomic E-state index is 12.4. The second-order valence-electron chi connectivity index (χ2n) is 5.45. The molecule has 25 heavy (non-hydrogen) atoms. The minimum Gasteiger partial charge on any atom is -0.497 e. The molecule has 1 amide bonds. The topological polar surface area (TPSA) is 56.1 Å². The van der Waals surface area contributed by atoms with Crippen LogP contribution in [0.25, 0.3) is 5.69 Å². The van der Waals surface area contributed by atoms with E-state index in [1.807, 2.05) is 37.3 Å². The Bertz CT molecular complexity index is 888. The Balaban J connectivity index is 1.85. The standard InChI is InChI=1S/C19H18ClN3O2/c1-3-15-12-18(22-23(15)16-9-7-14(20)8-10-16)21-19(24)13-5-4-6-17(11-13)25-2/h4-12H,3H2,1-2H3,(H,21,22,24). The summed E-state index contributed by atoms with van der Waals surface area (Å²) >= 11 is 5.94. The molecule has 0 atom stereocenters. The number of carbonyl (C=O) groups excluding carboxylic acids is 1. The summed E-state index contributed by atoms with van der Waals surface area (Å²) in [7, 11) is 1.57. The summed E-state index contributed by atoms with van der Waals surface area (Å²) in [5.74, 6) is 0.899. The summed E-state index contributed by atoms with van der Waals surface area (Å²) in [5.41, 5.74) is 2.39. The fraction of sp³-hybridized carbons (Fsp3) is 0.158. The largest absolute Gasteiger partial charge is 0.497 e. The number of rotatable bonds is 5. The molecule has 6 heteroatoms. The van der Waals surface area contributed by atoms with Crippen LogP contribution >= 0.6 is 11.6 Å². The maximum Gasteiger partial charge on any atom is 0.256 e. The Morgan fingerprint density at radius 1 is 1.20 bits per heavy atom. The van der Waals surface area contributed by atoms with Gasteiger partial charge in [0, 0.05) is 22.3 Å².